The van der Waals surface area contributed by atoms with Crippen LogP contribution in [0, 0.1) is 0 Å². The molecule has 0 amide bonds. The molecule has 0 saturated carbocycles. The van der Waals surface area contributed by atoms with E-state index in [0.717, 1.165) is 10.9 Å². The molecule has 0 spiro atoms. The molecule has 0 saturated heterocycles. The van der Waals surface area contributed by atoms with Gasteiger partial charge in [0.2, 0.25) is 0 Å². The van der Waals surface area contributed by atoms with Gasteiger partial charge in [-0.15, -0.1) is 10.2 Å². The van der Waals surface area contributed by atoms with Gasteiger partial charge in [0.15, 0.2) is 5.82 Å². The lowest BCUT2D eigenvalue weighted by Crippen LogP contribution is -2.03. The second-order valence-corrected chi connectivity index (χ2v) is 6.38. The number of hydrogen-bond donors (Lipinski definition) is 1. The molecular formula is C10H8ClN5O2S. The average Bonchev–Trinajstić information content (AvgIpc) is 2.91. The van der Waals surface area contributed by atoms with Crippen molar-refractivity contribution in [3.63, 3.8) is 0 Å². The Morgan fingerprint density at radius 2 is 2.00 bits per heavy atom. The highest BCUT2D eigenvalue weighted by atomic mass is 35.7. The molecule has 1 N–H and O–H groups in total. The van der Waals surface area contributed by atoms with E-state index < -0.39 is 9.05 Å². The summed E-state index contributed by atoms with van der Waals surface area (Å²) in [5, 5.41) is 14.9. The van der Waals surface area contributed by atoms with Crippen LogP contribution >= 0.6 is 10.7 Å². The summed E-state index contributed by atoms with van der Waals surface area (Å²) in [6.07, 6.45) is 0. The van der Waals surface area contributed by atoms with Crippen LogP contribution in [0.2, 0.25) is 0 Å². The first-order chi connectivity index (χ1) is 8.98. The van der Waals surface area contributed by atoms with Crippen LogP contribution in [-0.4, -0.2) is 33.4 Å². The summed E-state index contributed by atoms with van der Waals surface area (Å²) >= 11 is 0. The van der Waals surface area contributed by atoms with E-state index in [1.165, 1.54) is 11.6 Å². The van der Waals surface area contributed by atoms with Crippen molar-refractivity contribution in [1.29, 1.82) is 0 Å². The summed E-state index contributed by atoms with van der Waals surface area (Å²) < 4.78 is 23.9. The summed E-state index contributed by atoms with van der Waals surface area (Å²) in [4.78, 5) is 0. The minimum absolute atomic E-state index is 0.309. The molecular weight excluding hydrogens is 290 g/mol. The highest BCUT2D eigenvalue weighted by Crippen LogP contribution is 2.26. The van der Waals surface area contributed by atoms with Gasteiger partial charge in [0.25, 0.3) is 14.2 Å². The molecule has 0 aliphatic heterocycles. The number of rotatable bonds is 2. The summed E-state index contributed by atoms with van der Waals surface area (Å²) in [6.45, 7) is 0. The predicted octanol–water partition coefficient (Wildman–Crippen LogP) is 1.29. The van der Waals surface area contributed by atoms with E-state index in [9.17, 15) is 8.42 Å². The first-order valence-electron chi connectivity index (χ1n) is 5.26. The van der Waals surface area contributed by atoms with Crippen LogP contribution in [0.25, 0.3) is 22.4 Å². The molecule has 0 fully saturated rings. The van der Waals surface area contributed by atoms with Crippen molar-refractivity contribution in [2.75, 3.05) is 0 Å². The molecule has 7 nitrogen and oxygen atoms in total. The minimum atomic E-state index is -3.93. The van der Waals surface area contributed by atoms with Crippen LogP contribution in [0.4, 0.5) is 0 Å². The molecule has 3 aromatic rings. The number of aromatic nitrogens is 5. The topological polar surface area (TPSA) is 93.5 Å². The van der Waals surface area contributed by atoms with Crippen molar-refractivity contribution in [3.05, 3.63) is 24.3 Å². The lowest BCUT2D eigenvalue weighted by Gasteiger charge is -1.99. The van der Waals surface area contributed by atoms with E-state index in [4.69, 9.17) is 10.7 Å². The molecule has 2 heterocycles. The fourth-order valence-electron chi connectivity index (χ4n) is 1.87. The van der Waals surface area contributed by atoms with Crippen molar-refractivity contribution >= 4 is 30.6 Å². The molecule has 0 radical (unpaired) electrons. The third-order valence-electron chi connectivity index (χ3n) is 2.74. The number of H-pyrrole nitrogens is 1. The number of fused-ring (bicyclic) bond motifs is 1. The maximum atomic E-state index is 11.3. The molecule has 2 aromatic heterocycles. The lowest BCUT2D eigenvalue weighted by atomic mass is 10.2. The van der Waals surface area contributed by atoms with E-state index in [-0.39, 0.29) is 5.16 Å². The monoisotopic (exact) mass is 297 g/mol. The lowest BCUT2D eigenvalue weighted by molar-refractivity contribution is 0.593. The SMILES string of the molecule is Cn1c(-c2n[nH]c3ccccc23)nnc1S(=O)(=O)Cl. The summed E-state index contributed by atoms with van der Waals surface area (Å²) in [6, 6.07) is 7.45. The molecule has 9 heteroatoms. The van der Waals surface area contributed by atoms with Crippen molar-refractivity contribution in [2.24, 2.45) is 7.05 Å². The van der Waals surface area contributed by atoms with Crippen LogP contribution in [0.1, 0.15) is 0 Å². The van der Waals surface area contributed by atoms with Crippen molar-refractivity contribution < 1.29 is 8.42 Å². The van der Waals surface area contributed by atoms with Gasteiger partial charge in [-0.25, -0.2) is 8.42 Å². The third kappa shape index (κ3) is 1.89. The smallest absolute Gasteiger partial charge is 0.296 e. The second-order valence-electron chi connectivity index (χ2n) is 3.92. The van der Waals surface area contributed by atoms with Gasteiger partial charge < -0.3 is 0 Å². The predicted molar refractivity (Wildman–Crippen MR) is 69.1 cm³/mol. The number of aromatic amines is 1. The Bertz CT molecular complexity index is 867. The molecule has 19 heavy (non-hydrogen) atoms. The van der Waals surface area contributed by atoms with Gasteiger partial charge in [-0.2, -0.15) is 5.10 Å². The van der Waals surface area contributed by atoms with Crippen LogP contribution in [0.3, 0.4) is 0 Å². The summed E-state index contributed by atoms with van der Waals surface area (Å²) in [7, 11) is 2.87. The second kappa shape index (κ2) is 4.04. The average molecular weight is 298 g/mol. The molecule has 0 unspecified atom stereocenters. The fourth-order valence-corrected chi connectivity index (χ4v) is 2.82. The van der Waals surface area contributed by atoms with Crippen molar-refractivity contribution in [1.82, 2.24) is 25.0 Å². The molecule has 0 aliphatic rings. The Balaban J connectivity index is 2.26. The Morgan fingerprint density at radius 1 is 1.26 bits per heavy atom. The number of nitrogens with one attached hydrogen (secondary N) is 1. The van der Waals surface area contributed by atoms with E-state index in [1.54, 1.807) is 0 Å². The zero-order valence-electron chi connectivity index (χ0n) is 9.70. The fraction of sp³-hybridized carbons (Fsp3) is 0.100. The van der Waals surface area contributed by atoms with Crippen LogP contribution < -0.4 is 0 Å². The summed E-state index contributed by atoms with van der Waals surface area (Å²) in [5.74, 6) is 0.330. The molecule has 3 rings (SSSR count). The van der Waals surface area contributed by atoms with Crippen molar-refractivity contribution in [2.45, 2.75) is 5.16 Å². The zero-order chi connectivity index (χ0) is 13.6. The maximum absolute atomic E-state index is 11.3. The Hall–Kier alpha value is -1.93. The number of para-hydroxylation sites is 1. The third-order valence-corrected chi connectivity index (χ3v) is 3.94. The van der Waals surface area contributed by atoms with Crippen LogP contribution in [0.5, 0.6) is 0 Å². The highest BCUT2D eigenvalue weighted by molar-refractivity contribution is 8.13. The number of hydrogen-bond acceptors (Lipinski definition) is 5. The van der Waals surface area contributed by atoms with Crippen LogP contribution in [0.15, 0.2) is 29.4 Å². The van der Waals surface area contributed by atoms with Gasteiger partial charge in [0, 0.05) is 23.1 Å². The Morgan fingerprint density at radius 3 is 2.68 bits per heavy atom. The quantitative estimate of drug-likeness (QED) is 0.719. The largest absolute Gasteiger partial charge is 0.299 e. The van der Waals surface area contributed by atoms with Gasteiger partial charge >= 0.3 is 0 Å². The number of nitrogens with zero attached hydrogens (tertiary/aromatic N) is 4. The number of halogens is 1. The molecule has 98 valence electrons. The Kier molecular flexibility index (Phi) is 2.58. The van der Waals surface area contributed by atoms with E-state index in [0.29, 0.717) is 11.5 Å². The first-order valence-corrected chi connectivity index (χ1v) is 7.57. The minimum Gasteiger partial charge on any atom is -0.299 e. The van der Waals surface area contributed by atoms with E-state index in [2.05, 4.69) is 20.4 Å². The molecule has 1 aromatic carbocycles. The van der Waals surface area contributed by atoms with Gasteiger partial charge in [0.1, 0.15) is 5.69 Å². The van der Waals surface area contributed by atoms with Gasteiger partial charge in [-0.1, -0.05) is 18.2 Å². The van der Waals surface area contributed by atoms with Crippen molar-refractivity contribution in [3.8, 4) is 11.5 Å². The first kappa shape index (κ1) is 12.1. The Labute approximate surface area is 112 Å². The standard InChI is InChI=1S/C10H8ClN5O2S/c1-16-9(14-15-10(16)19(11,17)18)8-6-4-2-3-5-7(6)12-13-8/h2-5H,1H3,(H,12,13). The molecule has 0 atom stereocenters. The highest BCUT2D eigenvalue weighted by Gasteiger charge is 2.23. The normalized spacial score (nSPS) is 12.1. The van der Waals surface area contributed by atoms with E-state index >= 15 is 0 Å². The van der Waals surface area contributed by atoms with Crippen LogP contribution in [-0.2, 0) is 16.1 Å². The van der Waals surface area contributed by atoms with Gasteiger partial charge in [-0.3, -0.25) is 9.67 Å². The zero-order valence-corrected chi connectivity index (χ0v) is 11.3. The van der Waals surface area contributed by atoms with E-state index in [1.807, 2.05) is 24.3 Å². The maximum Gasteiger partial charge on any atom is 0.296 e. The molecule has 0 aliphatic carbocycles. The van der Waals surface area contributed by atoms with Gasteiger partial charge in [0.05, 0.1) is 5.52 Å². The van der Waals surface area contributed by atoms with Gasteiger partial charge in [-0.05, 0) is 6.07 Å². The number of benzene rings is 1. The summed E-state index contributed by atoms with van der Waals surface area (Å²) in [5.41, 5.74) is 1.35. The molecule has 0 bridgehead atoms.